The maximum atomic E-state index is 8.59. The molecule has 0 atom stereocenters. The molecule has 0 amide bonds. The fourth-order valence-corrected chi connectivity index (χ4v) is 1.43. The Kier molecular flexibility index (Phi) is 3.00. The van der Waals surface area contributed by atoms with Crippen LogP contribution in [0.4, 0.5) is 0 Å². The highest BCUT2D eigenvalue weighted by Gasteiger charge is 2.15. The first kappa shape index (κ1) is 10.2. The Hall–Kier alpha value is -1.37. The van der Waals surface area contributed by atoms with Crippen LogP contribution in [0.5, 0.6) is 11.5 Å². The molecule has 1 aliphatic rings. The lowest BCUT2D eigenvalue weighted by molar-refractivity contribution is 0.174. The molecule has 0 saturated carbocycles. The monoisotopic (exact) mass is 224 g/mol. The Morgan fingerprint density at radius 1 is 1.33 bits per heavy atom. The van der Waals surface area contributed by atoms with E-state index in [9.17, 15) is 0 Å². The Morgan fingerprint density at radius 2 is 2.07 bits per heavy atom. The van der Waals surface area contributed by atoms with E-state index in [0.717, 1.165) is 0 Å². The molecule has 1 aromatic carbocycles. The molecule has 0 aromatic heterocycles. The van der Waals surface area contributed by atoms with Crippen LogP contribution in [0.2, 0.25) is 5.02 Å². The zero-order valence-corrected chi connectivity index (χ0v) is 8.67. The lowest BCUT2D eigenvalue weighted by Gasteiger charge is -1.99. The van der Waals surface area contributed by atoms with Crippen LogP contribution >= 0.6 is 11.6 Å². The molecule has 0 unspecified atom stereocenters. The topological polar surface area (TPSA) is 38.7 Å². The standard InChI is InChI=1S/C11H9ClO3/c12-9-6-11-10(14-7-15-11)5-8(9)3-1-2-4-13/h5-6,13H,2,4,7H2. The van der Waals surface area contributed by atoms with Crippen molar-refractivity contribution in [3.8, 4) is 23.3 Å². The lowest BCUT2D eigenvalue weighted by Crippen LogP contribution is -1.92. The van der Waals surface area contributed by atoms with Gasteiger partial charge in [0.1, 0.15) is 0 Å². The van der Waals surface area contributed by atoms with Crippen molar-refractivity contribution in [1.29, 1.82) is 0 Å². The minimum absolute atomic E-state index is 0.0508. The van der Waals surface area contributed by atoms with Crippen LogP contribution in [0.3, 0.4) is 0 Å². The van der Waals surface area contributed by atoms with E-state index in [1.807, 2.05) is 0 Å². The molecule has 1 aliphatic heterocycles. The molecule has 1 N–H and O–H groups in total. The quantitative estimate of drug-likeness (QED) is 0.740. The van der Waals surface area contributed by atoms with Gasteiger partial charge in [0.05, 0.1) is 11.6 Å². The summed E-state index contributed by atoms with van der Waals surface area (Å²) in [5.74, 6) is 6.97. The molecular formula is C11H9ClO3. The second kappa shape index (κ2) is 4.43. The fraction of sp³-hybridized carbons (Fsp3) is 0.273. The van der Waals surface area contributed by atoms with Crippen molar-refractivity contribution in [3.05, 3.63) is 22.7 Å². The summed E-state index contributed by atoms with van der Waals surface area (Å²) in [5.41, 5.74) is 0.689. The number of hydrogen-bond acceptors (Lipinski definition) is 3. The van der Waals surface area contributed by atoms with Gasteiger partial charge in [-0.15, -0.1) is 0 Å². The van der Waals surface area contributed by atoms with Crippen molar-refractivity contribution in [2.45, 2.75) is 6.42 Å². The molecule has 15 heavy (non-hydrogen) atoms. The molecule has 0 saturated heterocycles. The van der Waals surface area contributed by atoms with Gasteiger partial charge in [-0.1, -0.05) is 23.4 Å². The van der Waals surface area contributed by atoms with E-state index in [1.54, 1.807) is 12.1 Å². The summed E-state index contributed by atoms with van der Waals surface area (Å²) < 4.78 is 10.4. The molecule has 0 spiro atoms. The molecule has 0 aliphatic carbocycles. The number of hydrogen-bond donors (Lipinski definition) is 1. The Balaban J connectivity index is 2.30. The lowest BCUT2D eigenvalue weighted by atomic mass is 10.2. The van der Waals surface area contributed by atoms with Crippen molar-refractivity contribution in [3.63, 3.8) is 0 Å². The number of ether oxygens (including phenoxy) is 2. The molecule has 1 heterocycles. The van der Waals surface area contributed by atoms with Gasteiger partial charge in [-0.25, -0.2) is 0 Å². The molecule has 3 nitrogen and oxygen atoms in total. The van der Waals surface area contributed by atoms with Crippen LogP contribution in [0.1, 0.15) is 12.0 Å². The van der Waals surface area contributed by atoms with Crippen molar-refractivity contribution < 1.29 is 14.6 Å². The Bertz CT molecular complexity index is 431. The Morgan fingerprint density at radius 3 is 2.80 bits per heavy atom. The maximum absolute atomic E-state index is 8.59. The molecule has 0 fully saturated rings. The predicted octanol–water partition coefficient (Wildman–Crippen LogP) is 1.80. The normalized spacial score (nSPS) is 12.1. The summed E-state index contributed by atoms with van der Waals surface area (Å²) >= 11 is 5.99. The fourth-order valence-electron chi connectivity index (χ4n) is 1.23. The molecule has 0 bridgehead atoms. The molecule has 2 rings (SSSR count). The summed E-state index contributed by atoms with van der Waals surface area (Å²) in [7, 11) is 0. The number of benzene rings is 1. The van der Waals surface area contributed by atoms with Gasteiger partial charge >= 0.3 is 0 Å². The third-order valence-corrected chi connectivity index (χ3v) is 2.23. The smallest absolute Gasteiger partial charge is 0.231 e. The number of aliphatic hydroxyl groups is 1. The van der Waals surface area contributed by atoms with Crippen molar-refractivity contribution in [2.75, 3.05) is 13.4 Å². The van der Waals surface area contributed by atoms with E-state index in [4.69, 9.17) is 26.2 Å². The summed E-state index contributed by atoms with van der Waals surface area (Å²) in [6, 6.07) is 3.43. The SMILES string of the molecule is OCCC#Cc1cc2c(cc1Cl)OCO2. The summed E-state index contributed by atoms with van der Waals surface area (Å²) in [5, 5.41) is 9.12. The number of halogens is 1. The van der Waals surface area contributed by atoms with Crippen LogP contribution in [0.25, 0.3) is 0 Å². The molecule has 1 aromatic rings. The highest BCUT2D eigenvalue weighted by Crippen LogP contribution is 2.36. The minimum atomic E-state index is 0.0508. The van der Waals surface area contributed by atoms with Gasteiger partial charge in [0, 0.05) is 24.1 Å². The van der Waals surface area contributed by atoms with Crippen LogP contribution < -0.4 is 9.47 Å². The van der Waals surface area contributed by atoms with E-state index in [-0.39, 0.29) is 13.4 Å². The highest BCUT2D eigenvalue weighted by atomic mass is 35.5. The van der Waals surface area contributed by atoms with Gasteiger partial charge in [0.15, 0.2) is 11.5 Å². The average Bonchev–Trinajstić information content (AvgIpc) is 2.65. The van der Waals surface area contributed by atoms with Gasteiger partial charge in [-0.2, -0.15) is 0 Å². The zero-order chi connectivity index (χ0) is 10.7. The third-order valence-electron chi connectivity index (χ3n) is 1.92. The first-order chi connectivity index (χ1) is 7.31. The number of fused-ring (bicyclic) bond motifs is 1. The molecule has 78 valence electrons. The molecule has 4 heteroatoms. The second-order valence-corrected chi connectivity index (χ2v) is 3.37. The summed E-state index contributed by atoms with van der Waals surface area (Å²) in [4.78, 5) is 0. The van der Waals surface area contributed by atoms with E-state index < -0.39 is 0 Å². The van der Waals surface area contributed by atoms with Crippen molar-refractivity contribution >= 4 is 11.6 Å². The van der Waals surface area contributed by atoms with Gasteiger partial charge in [-0.3, -0.25) is 0 Å². The summed E-state index contributed by atoms with van der Waals surface area (Å²) in [6.45, 7) is 0.272. The first-order valence-corrected chi connectivity index (χ1v) is 4.88. The van der Waals surface area contributed by atoms with Crippen LogP contribution in [0, 0.1) is 11.8 Å². The van der Waals surface area contributed by atoms with Gasteiger partial charge in [-0.05, 0) is 0 Å². The predicted molar refractivity (Wildman–Crippen MR) is 56.2 cm³/mol. The average molecular weight is 225 g/mol. The van der Waals surface area contributed by atoms with E-state index in [1.165, 1.54) is 0 Å². The second-order valence-electron chi connectivity index (χ2n) is 2.96. The summed E-state index contributed by atoms with van der Waals surface area (Å²) in [6.07, 6.45) is 0.435. The zero-order valence-electron chi connectivity index (χ0n) is 7.92. The van der Waals surface area contributed by atoms with Crippen LogP contribution in [-0.2, 0) is 0 Å². The number of rotatable bonds is 1. The molecular weight excluding hydrogens is 216 g/mol. The highest BCUT2D eigenvalue weighted by molar-refractivity contribution is 6.32. The van der Waals surface area contributed by atoms with E-state index in [2.05, 4.69) is 11.8 Å². The van der Waals surface area contributed by atoms with Crippen LogP contribution in [-0.4, -0.2) is 18.5 Å². The van der Waals surface area contributed by atoms with Crippen molar-refractivity contribution in [2.24, 2.45) is 0 Å². The van der Waals surface area contributed by atoms with Gasteiger partial charge < -0.3 is 14.6 Å². The van der Waals surface area contributed by atoms with Crippen molar-refractivity contribution in [1.82, 2.24) is 0 Å². The van der Waals surface area contributed by atoms with Gasteiger partial charge in [0.25, 0.3) is 0 Å². The van der Waals surface area contributed by atoms with E-state index >= 15 is 0 Å². The largest absolute Gasteiger partial charge is 0.454 e. The van der Waals surface area contributed by atoms with Gasteiger partial charge in [0.2, 0.25) is 6.79 Å². The maximum Gasteiger partial charge on any atom is 0.231 e. The van der Waals surface area contributed by atoms with E-state index in [0.29, 0.717) is 28.5 Å². The van der Waals surface area contributed by atoms with Crippen LogP contribution in [0.15, 0.2) is 12.1 Å². The minimum Gasteiger partial charge on any atom is -0.454 e. The Labute approximate surface area is 92.6 Å². The first-order valence-electron chi connectivity index (χ1n) is 4.50. The molecule has 0 radical (unpaired) electrons. The number of aliphatic hydroxyl groups excluding tert-OH is 1. The third kappa shape index (κ3) is 2.17.